The minimum absolute atomic E-state index is 0.191. The monoisotopic (exact) mass is 203 g/mol. The largest absolute Gasteiger partial charge is 0.395 e. The van der Waals surface area contributed by atoms with Crippen LogP contribution in [0.4, 0.5) is 0 Å². The highest BCUT2D eigenvalue weighted by Gasteiger charge is 2.09. The van der Waals surface area contributed by atoms with Gasteiger partial charge < -0.3 is 9.67 Å². The van der Waals surface area contributed by atoms with Gasteiger partial charge in [-0.05, 0) is 17.5 Å². The fourth-order valence-electron chi connectivity index (χ4n) is 2.03. The van der Waals surface area contributed by atoms with Crippen LogP contribution < -0.4 is 0 Å². The molecule has 0 spiro atoms. The highest BCUT2D eigenvalue weighted by Crippen LogP contribution is 2.27. The van der Waals surface area contributed by atoms with E-state index < -0.39 is 0 Å². The van der Waals surface area contributed by atoms with Crippen LogP contribution >= 0.6 is 0 Å². The van der Waals surface area contributed by atoms with Crippen molar-refractivity contribution in [3.05, 3.63) is 36.0 Å². The van der Waals surface area contributed by atoms with E-state index in [2.05, 4.69) is 42.8 Å². The number of aliphatic hydroxyl groups is 1. The van der Waals surface area contributed by atoms with Gasteiger partial charge in [0.1, 0.15) is 0 Å². The molecule has 0 aliphatic carbocycles. The van der Waals surface area contributed by atoms with Crippen molar-refractivity contribution in [3.63, 3.8) is 0 Å². The predicted octanol–water partition coefficient (Wildman–Crippen LogP) is 2.76. The Kier molecular flexibility index (Phi) is 2.78. The summed E-state index contributed by atoms with van der Waals surface area (Å²) < 4.78 is 2.13. The van der Waals surface area contributed by atoms with Crippen LogP contribution in [0.3, 0.4) is 0 Å². The second kappa shape index (κ2) is 4.07. The van der Waals surface area contributed by atoms with E-state index in [1.165, 1.54) is 16.5 Å². The normalized spacial score (nSPS) is 11.5. The van der Waals surface area contributed by atoms with Gasteiger partial charge in [0.15, 0.2) is 0 Å². The van der Waals surface area contributed by atoms with Gasteiger partial charge in [0.05, 0.1) is 6.61 Å². The van der Waals surface area contributed by atoms with E-state index >= 15 is 0 Å². The minimum atomic E-state index is 0.191. The molecule has 2 aromatic rings. The highest BCUT2D eigenvalue weighted by atomic mass is 16.3. The average molecular weight is 203 g/mol. The quantitative estimate of drug-likeness (QED) is 0.815. The number of nitrogens with zero attached hydrogens (tertiary/aromatic N) is 1. The number of aromatic nitrogens is 1. The Labute approximate surface area is 90.2 Å². The number of benzene rings is 1. The lowest BCUT2D eigenvalue weighted by Crippen LogP contribution is -1.99. The third-order valence-electron chi connectivity index (χ3n) is 2.78. The lowest BCUT2D eigenvalue weighted by Gasteiger charge is -2.00. The second-order valence-electron chi connectivity index (χ2n) is 4.17. The number of hydrogen-bond acceptors (Lipinski definition) is 1. The van der Waals surface area contributed by atoms with Crippen molar-refractivity contribution in [1.29, 1.82) is 0 Å². The third kappa shape index (κ3) is 1.77. The Morgan fingerprint density at radius 2 is 2.00 bits per heavy atom. The van der Waals surface area contributed by atoms with Crippen molar-refractivity contribution in [2.75, 3.05) is 6.61 Å². The Bertz CT molecular complexity index is 457. The lowest BCUT2D eigenvalue weighted by atomic mass is 10.0. The predicted molar refractivity (Wildman–Crippen MR) is 63.1 cm³/mol. The summed E-state index contributed by atoms with van der Waals surface area (Å²) in [6.45, 7) is 5.26. The van der Waals surface area contributed by atoms with Crippen LogP contribution in [0.2, 0.25) is 0 Å². The van der Waals surface area contributed by atoms with Crippen molar-refractivity contribution < 1.29 is 5.11 Å². The molecule has 15 heavy (non-hydrogen) atoms. The van der Waals surface area contributed by atoms with Crippen molar-refractivity contribution in [3.8, 4) is 0 Å². The molecule has 1 aromatic heterocycles. The Morgan fingerprint density at radius 1 is 1.27 bits per heavy atom. The fourth-order valence-corrected chi connectivity index (χ4v) is 2.03. The molecule has 80 valence electrons. The van der Waals surface area contributed by atoms with E-state index in [0.29, 0.717) is 12.5 Å². The molecule has 0 atom stereocenters. The molecular weight excluding hydrogens is 186 g/mol. The topological polar surface area (TPSA) is 25.2 Å². The standard InChI is InChI=1S/C13H17NO/c1-10(2)12-9-14(7-8-15)13-6-4-3-5-11(12)13/h3-6,9-10,15H,7-8H2,1-2H3. The van der Waals surface area contributed by atoms with Crippen LogP contribution in [0.25, 0.3) is 10.9 Å². The van der Waals surface area contributed by atoms with Crippen LogP contribution in [0.1, 0.15) is 25.3 Å². The van der Waals surface area contributed by atoms with Crippen molar-refractivity contribution >= 4 is 10.9 Å². The molecule has 0 fully saturated rings. The van der Waals surface area contributed by atoms with Gasteiger partial charge in [-0.2, -0.15) is 0 Å². The highest BCUT2D eigenvalue weighted by molar-refractivity contribution is 5.84. The zero-order chi connectivity index (χ0) is 10.8. The average Bonchev–Trinajstić information content (AvgIpc) is 2.59. The van der Waals surface area contributed by atoms with Gasteiger partial charge in [0.2, 0.25) is 0 Å². The summed E-state index contributed by atoms with van der Waals surface area (Å²) in [6.07, 6.45) is 2.16. The molecule has 0 bridgehead atoms. The summed E-state index contributed by atoms with van der Waals surface area (Å²) in [5.74, 6) is 0.523. The maximum atomic E-state index is 9.01. The van der Waals surface area contributed by atoms with Crippen LogP contribution in [-0.2, 0) is 6.54 Å². The minimum Gasteiger partial charge on any atom is -0.395 e. The van der Waals surface area contributed by atoms with Crippen LogP contribution in [-0.4, -0.2) is 16.3 Å². The Hall–Kier alpha value is -1.28. The van der Waals surface area contributed by atoms with Crippen LogP contribution in [0, 0.1) is 0 Å². The first-order chi connectivity index (χ1) is 7.24. The maximum Gasteiger partial charge on any atom is 0.0610 e. The summed E-state index contributed by atoms with van der Waals surface area (Å²) in [6, 6.07) is 8.37. The molecule has 1 N–H and O–H groups in total. The second-order valence-corrected chi connectivity index (χ2v) is 4.17. The SMILES string of the molecule is CC(C)c1cn(CCO)c2ccccc12. The molecule has 0 unspecified atom stereocenters. The van der Waals surface area contributed by atoms with E-state index in [1.807, 2.05) is 6.07 Å². The van der Waals surface area contributed by atoms with Gasteiger partial charge in [0, 0.05) is 23.6 Å². The summed E-state index contributed by atoms with van der Waals surface area (Å²) >= 11 is 0. The number of aliphatic hydroxyl groups excluding tert-OH is 1. The Balaban J connectivity index is 2.62. The third-order valence-corrected chi connectivity index (χ3v) is 2.78. The van der Waals surface area contributed by atoms with Gasteiger partial charge >= 0.3 is 0 Å². The first-order valence-corrected chi connectivity index (χ1v) is 5.42. The van der Waals surface area contributed by atoms with Gasteiger partial charge in [-0.3, -0.25) is 0 Å². The number of rotatable bonds is 3. The lowest BCUT2D eigenvalue weighted by molar-refractivity contribution is 0.278. The Morgan fingerprint density at radius 3 is 2.67 bits per heavy atom. The summed E-state index contributed by atoms with van der Waals surface area (Å²) in [5.41, 5.74) is 2.58. The van der Waals surface area contributed by atoms with E-state index in [-0.39, 0.29) is 6.61 Å². The maximum absolute atomic E-state index is 9.01. The zero-order valence-corrected chi connectivity index (χ0v) is 9.27. The fraction of sp³-hybridized carbons (Fsp3) is 0.385. The van der Waals surface area contributed by atoms with Crippen molar-refractivity contribution in [1.82, 2.24) is 4.57 Å². The summed E-state index contributed by atoms with van der Waals surface area (Å²) in [4.78, 5) is 0. The van der Waals surface area contributed by atoms with Gasteiger partial charge in [-0.25, -0.2) is 0 Å². The van der Waals surface area contributed by atoms with Crippen LogP contribution in [0.15, 0.2) is 30.5 Å². The van der Waals surface area contributed by atoms with Gasteiger partial charge in [-0.1, -0.05) is 32.0 Å². The smallest absolute Gasteiger partial charge is 0.0610 e. The summed E-state index contributed by atoms with van der Waals surface area (Å²) in [7, 11) is 0. The van der Waals surface area contributed by atoms with Gasteiger partial charge in [-0.15, -0.1) is 0 Å². The number of fused-ring (bicyclic) bond motifs is 1. The molecule has 0 radical (unpaired) electrons. The molecule has 0 saturated heterocycles. The molecule has 0 aliphatic heterocycles. The number of hydrogen-bond donors (Lipinski definition) is 1. The van der Waals surface area contributed by atoms with Crippen molar-refractivity contribution in [2.24, 2.45) is 0 Å². The van der Waals surface area contributed by atoms with E-state index in [4.69, 9.17) is 5.11 Å². The molecule has 2 nitrogen and oxygen atoms in total. The molecule has 2 rings (SSSR count). The first kappa shape index (κ1) is 10.2. The molecule has 2 heteroatoms. The molecule has 0 saturated carbocycles. The van der Waals surface area contributed by atoms with Crippen LogP contribution in [0.5, 0.6) is 0 Å². The molecule has 0 aliphatic rings. The molecule has 1 heterocycles. The van der Waals surface area contributed by atoms with Crippen molar-refractivity contribution in [2.45, 2.75) is 26.3 Å². The molecule has 0 amide bonds. The van der Waals surface area contributed by atoms with E-state index in [0.717, 1.165) is 0 Å². The van der Waals surface area contributed by atoms with Gasteiger partial charge in [0.25, 0.3) is 0 Å². The molecule has 1 aromatic carbocycles. The zero-order valence-electron chi connectivity index (χ0n) is 9.27. The molecular formula is C13H17NO. The van der Waals surface area contributed by atoms with E-state index in [9.17, 15) is 0 Å². The number of para-hydroxylation sites is 1. The summed E-state index contributed by atoms with van der Waals surface area (Å²) in [5, 5.41) is 10.3. The first-order valence-electron chi connectivity index (χ1n) is 5.42. The van der Waals surface area contributed by atoms with E-state index in [1.54, 1.807) is 0 Å².